The van der Waals surface area contributed by atoms with Crippen molar-refractivity contribution >= 4 is 5.97 Å². The predicted molar refractivity (Wildman–Crippen MR) is 56.0 cm³/mol. The van der Waals surface area contributed by atoms with Gasteiger partial charge in [-0.05, 0) is 33.6 Å². The molecule has 1 N–H and O–H groups in total. The van der Waals surface area contributed by atoms with E-state index in [2.05, 4.69) is 0 Å². The van der Waals surface area contributed by atoms with Crippen LogP contribution in [-0.4, -0.2) is 22.8 Å². The third kappa shape index (κ3) is 8.05. The van der Waals surface area contributed by atoms with E-state index in [9.17, 15) is 9.90 Å². The number of esters is 1. The van der Waals surface area contributed by atoms with E-state index in [-0.39, 0.29) is 12.1 Å². The minimum absolute atomic E-state index is 0.229. The molecule has 0 aromatic rings. The summed E-state index contributed by atoms with van der Waals surface area (Å²) >= 11 is 0. The Bertz CT molecular complexity index is 170. The van der Waals surface area contributed by atoms with Crippen LogP contribution < -0.4 is 0 Å². The highest BCUT2D eigenvalue weighted by atomic mass is 16.6. The number of aliphatic hydroxyl groups is 1. The average molecular weight is 202 g/mol. The molecule has 0 bridgehead atoms. The van der Waals surface area contributed by atoms with Crippen LogP contribution in [0.15, 0.2) is 0 Å². The summed E-state index contributed by atoms with van der Waals surface area (Å²) in [7, 11) is 0. The van der Waals surface area contributed by atoms with E-state index in [0.717, 1.165) is 12.8 Å². The van der Waals surface area contributed by atoms with Gasteiger partial charge in [-0.1, -0.05) is 13.3 Å². The normalized spacial score (nSPS) is 13.8. The first-order valence-corrected chi connectivity index (χ1v) is 5.25. The van der Waals surface area contributed by atoms with E-state index >= 15 is 0 Å². The zero-order chi connectivity index (χ0) is 11.2. The summed E-state index contributed by atoms with van der Waals surface area (Å²) in [6.45, 7) is 7.53. The zero-order valence-electron chi connectivity index (χ0n) is 9.67. The Labute approximate surface area is 86.5 Å². The Morgan fingerprint density at radius 3 is 2.36 bits per heavy atom. The van der Waals surface area contributed by atoms with Gasteiger partial charge in [-0.25, -0.2) is 0 Å². The van der Waals surface area contributed by atoms with Gasteiger partial charge in [-0.15, -0.1) is 0 Å². The summed E-state index contributed by atoms with van der Waals surface area (Å²) in [6.07, 6.45) is 2.13. The van der Waals surface area contributed by atoms with Gasteiger partial charge in [0.25, 0.3) is 0 Å². The molecule has 1 unspecified atom stereocenters. The van der Waals surface area contributed by atoms with Crippen molar-refractivity contribution in [2.75, 3.05) is 0 Å². The first-order valence-electron chi connectivity index (χ1n) is 5.25. The summed E-state index contributed by atoms with van der Waals surface area (Å²) in [6, 6.07) is 0. The third-order valence-corrected chi connectivity index (χ3v) is 1.72. The lowest BCUT2D eigenvalue weighted by atomic mass is 10.1. The van der Waals surface area contributed by atoms with Crippen molar-refractivity contribution in [1.29, 1.82) is 0 Å². The van der Waals surface area contributed by atoms with Gasteiger partial charge in [0, 0.05) is 6.42 Å². The lowest BCUT2D eigenvalue weighted by Gasteiger charge is -2.19. The maximum atomic E-state index is 11.2. The molecule has 0 rings (SSSR count). The number of hydrogen-bond donors (Lipinski definition) is 1. The van der Waals surface area contributed by atoms with Crippen LogP contribution >= 0.6 is 0 Å². The monoisotopic (exact) mass is 202 g/mol. The van der Waals surface area contributed by atoms with Crippen LogP contribution in [0.25, 0.3) is 0 Å². The lowest BCUT2D eigenvalue weighted by molar-refractivity contribution is -0.155. The number of carbonyl (C=O) groups is 1. The molecule has 0 saturated carbocycles. The van der Waals surface area contributed by atoms with Crippen LogP contribution in [0.4, 0.5) is 0 Å². The second-order valence-corrected chi connectivity index (χ2v) is 4.57. The molecule has 0 radical (unpaired) electrons. The van der Waals surface area contributed by atoms with E-state index in [0.29, 0.717) is 12.8 Å². The Morgan fingerprint density at radius 1 is 1.36 bits per heavy atom. The molecular formula is C11H22O3. The van der Waals surface area contributed by atoms with Crippen molar-refractivity contribution < 1.29 is 14.6 Å². The van der Waals surface area contributed by atoms with Crippen molar-refractivity contribution in [1.82, 2.24) is 0 Å². The Kier molecular flexibility index (Phi) is 5.77. The van der Waals surface area contributed by atoms with Crippen LogP contribution in [0.5, 0.6) is 0 Å². The molecule has 0 aliphatic heterocycles. The molecule has 0 fully saturated rings. The third-order valence-electron chi connectivity index (χ3n) is 1.72. The van der Waals surface area contributed by atoms with Crippen LogP contribution in [0.1, 0.15) is 53.4 Å². The van der Waals surface area contributed by atoms with Gasteiger partial charge in [0.2, 0.25) is 0 Å². The standard InChI is InChI=1S/C11H22O3/c1-5-6-9(12)7-8-10(13)14-11(2,3)4/h9,12H,5-8H2,1-4H3. The number of carbonyl (C=O) groups excluding carboxylic acids is 1. The molecule has 3 nitrogen and oxygen atoms in total. The maximum Gasteiger partial charge on any atom is 0.306 e. The fourth-order valence-corrected chi connectivity index (χ4v) is 1.15. The quantitative estimate of drug-likeness (QED) is 0.696. The molecule has 84 valence electrons. The van der Waals surface area contributed by atoms with Crippen molar-refractivity contribution in [3.8, 4) is 0 Å². The van der Waals surface area contributed by atoms with E-state index in [1.165, 1.54) is 0 Å². The van der Waals surface area contributed by atoms with Gasteiger partial charge in [-0.2, -0.15) is 0 Å². The highest BCUT2D eigenvalue weighted by molar-refractivity contribution is 5.69. The molecule has 0 aromatic heterocycles. The predicted octanol–water partition coefficient (Wildman–Crippen LogP) is 2.27. The van der Waals surface area contributed by atoms with Crippen LogP contribution in [0, 0.1) is 0 Å². The van der Waals surface area contributed by atoms with Gasteiger partial charge in [0.1, 0.15) is 5.60 Å². The Hall–Kier alpha value is -0.570. The molecule has 0 heterocycles. The molecular weight excluding hydrogens is 180 g/mol. The number of hydrogen-bond acceptors (Lipinski definition) is 3. The largest absolute Gasteiger partial charge is 0.460 e. The topological polar surface area (TPSA) is 46.5 Å². The van der Waals surface area contributed by atoms with E-state index < -0.39 is 5.60 Å². The number of ether oxygens (including phenoxy) is 1. The second-order valence-electron chi connectivity index (χ2n) is 4.57. The molecule has 0 saturated heterocycles. The van der Waals surface area contributed by atoms with Crippen LogP contribution in [0.3, 0.4) is 0 Å². The van der Waals surface area contributed by atoms with E-state index in [1.807, 2.05) is 27.7 Å². The molecule has 3 heteroatoms. The summed E-state index contributed by atoms with van der Waals surface area (Å²) < 4.78 is 5.12. The fourth-order valence-electron chi connectivity index (χ4n) is 1.15. The molecule has 0 aromatic carbocycles. The molecule has 0 spiro atoms. The van der Waals surface area contributed by atoms with Gasteiger partial charge < -0.3 is 9.84 Å². The Morgan fingerprint density at radius 2 is 1.93 bits per heavy atom. The summed E-state index contributed by atoms with van der Waals surface area (Å²) in [5, 5.41) is 9.39. The SMILES string of the molecule is CCCC(O)CCC(=O)OC(C)(C)C. The van der Waals surface area contributed by atoms with E-state index in [1.54, 1.807) is 0 Å². The highest BCUT2D eigenvalue weighted by Crippen LogP contribution is 2.11. The van der Waals surface area contributed by atoms with Crippen molar-refractivity contribution in [3.05, 3.63) is 0 Å². The maximum absolute atomic E-state index is 11.2. The average Bonchev–Trinajstić information content (AvgIpc) is 1.98. The summed E-state index contributed by atoms with van der Waals surface area (Å²) in [5.74, 6) is -0.229. The number of aliphatic hydroxyl groups excluding tert-OH is 1. The van der Waals surface area contributed by atoms with Crippen molar-refractivity contribution in [2.24, 2.45) is 0 Å². The molecule has 0 aliphatic rings. The molecule has 0 aliphatic carbocycles. The number of rotatable bonds is 5. The Balaban J connectivity index is 3.64. The van der Waals surface area contributed by atoms with Gasteiger partial charge in [0.05, 0.1) is 6.10 Å². The first kappa shape index (κ1) is 13.4. The van der Waals surface area contributed by atoms with Gasteiger partial charge in [-0.3, -0.25) is 4.79 Å². The first-order chi connectivity index (χ1) is 6.35. The zero-order valence-corrected chi connectivity index (χ0v) is 9.67. The van der Waals surface area contributed by atoms with Crippen LogP contribution in [0.2, 0.25) is 0 Å². The van der Waals surface area contributed by atoms with Crippen LogP contribution in [-0.2, 0) is 9.53 Å². The minimum atomic E-state index is -0.424. The molecule has 14 heavy (non-hydrogen) atoms. The molecule has 0 amide bonds. The lowest BCUT2D eigenvalue weighted by Crippen LogP contribution is -2.24. The fraction of sp³-hybridized carbons (Fsp3) is 0.909. The minimum Gasteiger partial charge on any atom is -0.460 e. The van der Waals surface area contributed by atoms with Crippen molar-refractivity contribution in [3.63, 3.8) is 0 Å². The highest BCUT2D eigenvalue weighted by Gasteiger charge is 2.16. The summed E-state index contributed by atoms with van der Waals surface area (Å²) in [5.41, 5.74) is -0.424. The van der Waals surface area contributed by atoms with Gasteiger partial charge >= 0.3 is 5.97 Å². The molecule has 1 atom stereocenters. The summed E-state index contributed by atoms with van der Waals surface area (Å²) in [4.78, 5) is 11.2. The second kappa shape index (κ2) is 6.02. The smallest absolute Gasteiger partial charge is 0.306 e. The van der Waals surface area contributed by atoms with E-state index in [4.69, 9.17) is 4.74 Å². The van der Waals surface area contributed by atoms with Crippen molar-refractivity contribution in [2.45, 2.75) is 65.1 Å². The van der Waals surface area contributed by atoms with Gasteiger partial charge in [0.15, 0.2) is 0 Å².